The van der Waals surface area contributed by atoms with Crippen LogP contribution < -0.4 is 0 Å². The number of alkyl halides is 3. The van der Waals surface area contributed by atoms with Gasteiger partial charge in [-0.3, -0.25) is 4.79 Å². The molecule has 2 aromatic rings. The molecule has 1 heterocycles. The minimum atomic E-state index is -4.75. The molecule has 0 spiro atoms. The molecule has 0 aliphatic heterocycles. The molecule has 1 aliphatic rings. The van der Waals surface area contributed by atoms with Crippen molar-refractivity contribution >= 4 is 15.6 Å². The molecule has 1 aromatic heterocycles. The van der Waals surface area contributed by atoms with Gasteiger partial charge in [0.15, 0.2) is 9.84 Å². The van der Waals surface area contributed by atoms with E-state index in [0.29, 0.717) is 17.8 Å². The smallest absolute Gasteiger partial charge is 0.416 e. The van der Waals surface area contributed by atoms with Gasteiger partial charge in [-0.25, -0.2) is 13.1 Å². The Kier molecular flexibility index (Phi) is 4.13. The van der Waals surface area contributed by atoms with Crippen LogP contribution in [0.4, 0.5) is 13.2 Å². The van der Waals surface area contributed by atoms with Gasteiger partial charge in [-0.1, -0.05) is 0 Å². The Bertz CT molecular complexity index is 1010. The maximum atomic E-state index is 12.9. The van der Waals surface area contributed by atoms with Gasteiger partial charge in [-0.15, -0.1) is 0 Å². The summed E-state index contributed by atoms with van der Waals surface area (Å²) < 4.78 is 63.8. The second kappa shape index (κ2) is 5.83. The van der Waals surface area contributed by atoms with Gasteiger partial charge in [0.05, 0.1) is 16.2 Å². The second-order valence-corrected chi connectivity index (χ2v) is 8.28. The van der Waals surface area contributed by atoms with Crippen LogP contribution in [0.5, 0.6) is 5.88 Å². The molecule has 1 fully saturated rings. The molecule has 1 saturated carbocycles. The minimum absolute atomic E-state index is 0.0304. The van der Waals surface area contributed by atoms with Crippen molar-refractivity contribution in [2.45, 2.75) is 29.8 Å². The molecule has 1 N–H and O–H groups in total. The average molecular weight is 388 g/mol. The summed E-state index contributed by atoms with van der Waals surface area (Å²) in [6.45, 7) is 0. The highest BCUT2D eigenvalue weighted by Gasteiger charge is 2.37. The molecular formula is C16H15F3N2O4S. The molecule has 0 unspecified atom stereocenters. The van der Waals surface area contributed by atoms with E-state index in [1.54, 1.807) is 0 Å². The summed E-state index contributed by atoms with van der Waals surface area (Å²) in [6, 6.07) is 1.91. The van der Waals surface area contributed by atoms with Crippen LogP contribution in [-0.2, 0) is 23.1 Å². The summed E-state index contributed by atoms with van der Waals surface area (Å²) in [6.07, 6.45) is -2.49. The van der Waals surface area contributed by atoms with Gasteiger partial charge >= 0.3 is 6.18 Å². The van der Waals surface area contributed by atoms with E-state index in [0.717, 1.165) is 29.8 Å². The molecule has 10 heteroatoms. The molecule has 0 bridgehead atoms. The first-order valence-corrected chi connectivity index (χ1v) is 9.52. The molecule has 140 valence electrons. The number of hydrogen-bond acceptors (Lipinski definition) is 5. The van der Waals surface area contributed by atoms with E-state index in [1.165, 1.54) is 7.05 Å². The molecule has 1 aliphatic carbocycles. The van der Waals surface area contributed by atoms with Gasteiger partial charge in [-0.2, -0.15) is 18.3 Å². The fourth-order valence-electron chi connectivity index (χ4n) is 2.72. The molecule has 0 radical (unpaired) electrons. The molecule has 3 rings (SSSR count). The first-order valence-electron chi connectivity index (χ1n) is 7.63. The van der Waals surface area contributed by atoms with Crippen molar-refractivity contribution in [3.63, 3.8) is 0 Å². The van der Waals surface area contributed by atoms with Crippen LogP contribution in [0.3, 0.4) is 0 Å². The lowest BCUT2D eigenvalue weighted by atomic mass is 10.00. The predicted molar refractivity (Wildman–Crippen MR) is 84.8 cm³/mol. The van der Waals surface area contributed by atoms with Crippen molar-refractivity contribution in [2.24, 2.45) is 7.05 Å². The SMILES string of the molecule is Cn1nc(C2CC2)c(C(=O)c2ccc(C(F)(F)F)cc2S(C)(=O)=O)c1O. The summed E-state index contributed by atoms with van der Waals surface area (Å²) in [4.78, 5) is 12.2. The predicted octanol–water partition coefficient (Wildman–Crippen LogP) is 2.66. The highest BCUT2D eigenvalue weighted by Crippen LogP contribution is 2.44. The standard InChI is InChI=1S/C16H15F3N2O4S/c1-21-15(23)12(13(20-21)8-3-4-8)14(22)10-6-5-9(16(17,18)19)7-11(10)26(2,24)25/h5-8,23H,3-4H2,1-2H3. The maximum absolute atomic E-state index is 12.9. The quantitative estimate of drug-likeness (QED) is 0.814. The Labute approximate surface area is 147 Å². The van der Waals surface area contributed by atoms with Gasteiger partial charge in [0, 0.05) is 24.8 Å². The Morgan fingerprint density at radius 2 is 1.92 bits per heavy atom. The van der Waals surface area contributed by atoms with E-state index in [1.807, 2.05) is 0 Å². The van der Waals surface area contributed by atoms with Gasteiger partial charge in [0.1, 0.15) is 5.56 Å². The number of aromatic nitrogens is 2. The Morgan fingerprint density at radius 1 is 1.31 bits per heavy atom. The minimum Gasteiger partial charge on any atom is -0.493 e. The molecule has 1 aromatic carbocycles. The Morgan fingerprint density at radius 3 is 2.42 bits per heavy atom. The van der Waals surface area contributed by atoms with Crippen LogP contribution >= 0.6 is 0 Å². The second-order valence-electron chi connectivity index (χ2n) is 6.29. The lowest BCUT2D eigenvalue weighted by molar-refractivity contribution is -0.137. The van der Waals surface area contributed by atoms with Crippen molar-refractivity contribution in [3.8, 4) is 5.88 Å². The molecule has 6 nitrogen and oxygen atoms in total. The van der Waals surface area contributed by atoms with E-state index < -0.39 is 43.7 Å². The molecule has 0 atom stereocenters. The lowest BCUT2D eigenvalue weighted by Crippen LogP contribution is -2.14. The van der Waals surface area contributed by atoms with Gasteiger partial charge < -0.3 is 5.11 Å². The van der Waals surface area contributed by atoms with E-state index in [-0.39, 0.29) is 11.5 Å². The van der Waals surface area contributed by atoms with Crippen molar-refractivity contribution in [3.05, 3.63) is 40.6 Å². The number of ketones is 1. The van der Waals surface area contributed by atoms with Gasteiger partial charge in [0.2, 0.25) is 11.7 Å². The number of rotatable bonds is 4. The van der Waals surface area contributed by atoms with Crippen LogP contribution in [0.15, 0.2) is 23.1 Å². The van der Waals surface area contributed by atoms with Crippen LogP contribution in [0, 0.1) is 0 Å². The Balaban J connectivity index is 2.20. The fourth-order valence-corrected chi connectivity index (χ4v) is 3.62. The number of sulfone groups is 1. The highest BCUT2D eigenvalue weighted by atomic mass is 32.2. The van der Waals surface area contributed by atoms with Crippen LogP contribution in [0.1, 0.15) is 45.9 Å². The maximum Gasteiger partial charge on any atom is 0.416 e. The van der Waals surface area contributed by atoms with Crippen molar-refractivity contribution in [1.29, 1.82) is 0 Å². The lowest BCUT2D eigenvalue weighted by Gasteiger charge is -2.12. The first-order chi connectivity index (χ1) is 11.9. The van der Waals surface area contributed by atoms with E-state index in [4.69, 9.17) is 0 Å². The van der Waals surface area contributed by atoms with Crippen LogP contribution in [0.25, 0.3) is 0 Å². The number of benzene rings is 1. The normalized spacial score (nSPS) is 15.3. The summed E-state index contributed by atoms with van der Waals surface area (Å²) in [5.74, 6) is -1.35. The van der Waals surface area contributed by atoms with Gasteiger partial charge in [0.25, 0.3) is 0 Å². The Hall–Kier alpha value is -2.36. The van der Waals surface area contributed by atoms with E-state index >= 15 is 0 Å². The van der Waals surface area contributed by atoms with E-state index in [9.17, 15) is 31.5 Å². The fraction of sp³-hybridized carbons (Fsp3) is 0.375. The number of nitrogens with zero attached hydrogens (tertiary/aromatic N) is 2. The summed E-state index contributed by atoms with van der Waals surface area (Å²) in [5, 5.41) is 14.2. The molecule has 0 saturated heterocycles. The van der Waals surface area contributed by atoms with Gasteiger partial charge in [-0.05, 0) is 31.0 Å². The first kappa shape index (κ1) is 18.4. The van der Waals surface area contributed by atoms with Crippen LogP contribution in [-0.4, -0.2) is 35.3 Å². The summed E-state index contributed by atoms with van der Waals surface area (Å²) >= 11 is 0. The molecular weight excluding hydrogens is 373 g/mol. The summed E-state index contributed by atoms with van der Waals surface area (Å²) in [7, 11) is -2.70. The summed E-state index contributed by atoms with van der Waals surface area (Å²) in [5.41, 5.74) is -1.44. The zero-order chi connectivity index (χ0) is 19.4. The average Bonchev–Trinajstić information content (AvgIpc) is 3.32. The number of halogens is 3. The van der Waals surface area contributed by atoms with Crippen molar-refractivity contribution in [1.82, 2.24) is 9.78 Å². The zero-order valence-electron chi connectivity index (χ0n) is 13.8. The largest absolute Gasteiger partial charge is 0.493 e. The number of carbonyl (C=O) groups is 1. The third kappa shape index (κ3) is 3.20. The van der Waals surface area contributed by atoms with Crippen molar-refractivity contribution in [2.75, 3.05) is 6.26 Å². The monoisotopic (exact) mass is 388 g/mol. The number of hydrogen-bond donors (Lipinski definition) is 1. The molecule has 26 heavy (non-hydrogen) atoms. The highest BCUT2D eigenvalue weighted by molar-refractivity contribution is 7.90. The third-order valence-corrected chi connectivity index (χ3v) is 5.32. The third-order valence-electron chi connectivity index (χ3n) is 4.19. The molecule has 0 amide bonds. The van der Waals surface area contributed by atoms with Crippen molar-refractivity contribution < 1.29 is 31.5 Å². The number of aromatic hydroxyl groups is 1. The number of aryl methyl sites for hydroxylation is 1. The topological polar surface area (TPSA) is 89.3 Å². The van der Waals surface area contributed by atoms with E-state index in [2.05, 4.69) is 5.10 Å². The number of carbonyl (C=O) groups excluding carboxylic acids is 1. The van der Waals surface area contributed by atoms with Crippen LogP contribution in [0.2, 0.25) is 0 Å². The zero-order valence-corrected chi connectivity index (χ0v) is 14.6.